The highest BCUT2D eigenvalue weighted by Crippen LogP contribution is 2.34. The summed E-state index contributed by atoms with van der Waals surface area (Å²) >= 11 is 0. The normalized spacial score (nSPS) is 16.6. The molecular formula is C22H18N4O2. The molecule has 2 aromatic heterocycles. The zero-order chi connectivity index (χ0) is 18.9. The molecule has 5 rings (SSSR count). The molecule has 6 heteroatoms. The van der Waals surface area contributed by atoms with Gasteiger partial charge in [0.15, 0.2) is 0 Å². The third kappa shape index (κ3) is 2.83. The summed E-state index contributed by atoms with van der Waals surface area (Å²) in [5, 5.41) is 5.97. The van der Waals surface area contributed by atoms with Crippen molar-refractivity contribution in [3.05, 3.63) is 78.4 Å². The van der Waals surface area contributed by atoms with Gasteiger partial charge < -0.3 is 9.42 Å². The van der Waals surface area contributed by atoms with E-state index in [4.69, 9.17) is 4.52 Å². The van der Waals surface area contributed by atoms with Crippen molar-refractivity contribution in [2.45, 2.75) is 18.9 Å². The highest BCUT2D eigenvalue weighted by Gasteiger charge is 2.35. The van der Waals surface area contributed by atoms with Gasteiger partial charge in [0.05, 0.1) is 0 Å². The molecule has 0 bridgehead atoms. The minimum Gasteiger partial charge on any atom is -0.337 e. The smallest absolute Gasteiger partial charge is 0.255 e. The molecule has 0 saturated carbocycles. The van der Waals surface area contributed by atoms with Gasteiger partial charge in [-0.15, -0.1) is 0 Å². The van der Waals surface area contributed by atoms with Gasteiger partial charge in [-0.2, -0.15) is 4.98 Å². The molecular weight excluding hydrogens is 352 g/mol. The van der Waals surface area contributed by atoms with Crippen LogP contribution in [0.2, 0.25) is 0 Å². The fraction of sp³-hybridized carbons (Fsp3) is 0.182. The van der Waals surface area contributed by atoms with Crippen LogP contribution in [-0.4, -0.2) is 32.5 Å². The third-order valence-electron chi connectivity index (χ3n) is 5.18. The molecule has 1 fully saturated rings. The second-order valence-corrected chi connectivity index (χ2v) is 6.88. The van der Waals surface area contributed by atoms with E-state index in [0.717, 1.165) is 29.2 Å². The maximum absolute atomic E-state index is 13.3. The summed E-state index contributed by atoms with van der Waals surface area (Å²) in [5.74, 6) is 1.02. The third-order valence-corrected chi connectivity index (χ3v) is 5.18. The summed E-state index contributed by atoms with van der Waals surface area (Å²) in [7, 11) is 0. The Morgan fingerprint density at radius 3 is 2.86 bits per heavy atom. The van der Waals surface area contributed by atoms with Crippen molar-refractivity contribution in [1.82, 2.24) is 20.0 Å². The molecule has 0 aliphatic carbocycles. The molecule has 1 unspecified atom stereocenters. The first-order valence-corrected chi connectivity index (χ1v) is 9.34. The Bertz CT molecular complexity index is 1130. The Balaban J connectivity index is 1.47. The molecule has 1 amide bonds. The van der Waals surface area contributed by atoms with Crippen LogP contribution in [0.1, 0.15) is 35.1 Å². The number of likely N-dealkylation sites (tertiary alicyclic amines) is 1. The zero-order valence-electron chi connectivity index (χ0n) is 15.2. The number of nitrogens with zero attached hydrogens (tertiary/aromatic N) is 4. The lowest BCUT2D eigenvalue weighted by Gasteiger charge is -2.22. The van der Waals surface area contributed by atoms with E-state index < -0.39 is 0 Å². The van der Waals surface area contributed by atoms with Gasteiger partial charge >= 0.3 is 0 Å². The van der Waals surface area contributed by atoms with Crippen molar-refractivity contribution in [1.29, 1.82) is 0 Å². The summed E-state index contributed by atoms with van der Waals surface area (Å²) in [4.78, 5) is 23.9. The largest absolute Gasteiger partial charge is 0.337 e. The van der Waals surface area contributed by atoms with Crippen molar-refractivity contribution < 1.29 is 9.32 Å². The molecule has 1 saturated heterocycles. The quantitative estimate of drug-likeness (QED) is 0.539. The van der Waals surface area contributed by atoms with E-state index in [2.05, 4.69) is 15.1 Å². The molecule has 2 aromatic carbocycles. The van der Waals surface area contributed by atoms with Gasteiger partial charge in [-0.25, -0.2) is 0 Å². The van der Waals surface area contributed by atoms with Gasteiger partial charge in [0.2, 0.25) is 11.7 Å². The lowest BCUT2D eigenvalue weighted by molar-refractivity contribution is 0.0712. The number of aromatic nitrogens is 3. The minimum atomic E-state index is -0.199. The predicted octanol–water partition coefficient (Wildman–Crippen LogP) is 4.26. The minimum absolute atomic E-state index is 0.0150. The van der Waals surface area contributed by atoms with Crippen LogP contribution in [0.5, 0.6) is 0 Å². The molecule has 4 aromatic rings. The van der Waals surface area contributed by atoms with Crippen LogP contribution in [0.4, 0.5) is 0 Å². The number of rotatable bonds is 3. The van der Waals surface area contributed by atoms with Crippen LogP contribution in [0.15, 0.2) is 71.5 Å². The number of carbonyl (C=O) groups excluding carboxylic acids is 1. The SMILES string of the molecule is O=C(c1cccc2cnccc12)N1CCCC1c1nc(-c2ccccc2)no1. The van der Waals surface area contributed by atoms with Crippen LogP contribution >= 0.6 is 0 Å². The highest BCUT2D eigenvalue weighted by molar-refractivity contribution is 6.07. The van der Waals surface area contributed by atoms with E-state index >= 15 is 0 Å². The van der Waals surface area contributed by atoms with E-state index in [1.807, 2.05) is 59.5 Å². The van der Waals surface area contributed by atoms with Gasteiger partial charge in [0.25, 0.3) is 5.91 Å². The van der Waals surface area contributed by atoms with E-state index in [-0.39, 0.29) is 11.9 Å². The summed E-state index contributed by atoms with van der Waals surface area (Å²) in [5.41, 5.74) is 1.57. The molecule has 0 N–H and O–H groups in total. The molecule has 0 radical (unpaired) electrons. The second-order valence-electron chi connectivity index (χ2n) is 6.88. The van der Waals surface area contributed by atoms with Crippen molar-refractivity contribution in [2.24, 2.45) is 0 Å². The average Bonchev–Trinajstić information content (AvgIpc) is 3.43. The predicted molar refractivity (Wildman–Crippen MR) is 104 cm³/mol. The maximum atomic E-state index is 13.3. The molecule has 1 aliphatic heterocycles. The van der Waals surface area contributed by atoms with Gasteiger partial charge in [-0.05, 0) is 30.4 Å². The van der Waals surface area contributed by atoms with Crippen LogP contribution in [0.3, 0.4) is 0 Å². The molecule has 1 aliphatic rings. The first kappa shape index (κ1) is 16.6. The Morgan fingerprint density at radius 2 is 1.96 bits per heavy atom. The van der Waals surface area contributed by atoms with E-state index in [9.17, 15) is 4.79 Å². The number of hydrogen-bond donors (Lipinski definition) is 0. The number of hydrogen-bond acceptors (Lipinski definition) is 5. The van der Waals surface area contributed by atoms with Crippen LogP contribution in [0, 0.1) is 0 Å². The van der Waals surface area contributed by atoms with Gasteiger partial charge in [-0.3, -0.25) is 9.78 Å². The average molecular weight is 370 g/mol. The van der Waals surface area contributed by atoms with Crippen molar-refractivity contribution in [2.75, 3.05) is 6.54 Å². The molecule has 0 spiro atoms. The van der Waals surface area contributed by atoms with Crippen LogP contribution < -0.4 is 0 Å². The van der Waals surface area contributed by atoms with E-state index in [1.54, 1.807) is 12.4 Å². The Kier molecular flexibility index (Phi) is 4.09. The van der Waals surface area contributed by atoms with Crippen molar-refractivity contribution in [3.63, 3.8) is 0 Å². The molecule has 28 heavy (non-hydrogen) atoms. The standard InChI is InChI=1S/C22H18N4O2/c27-22(18-9-4-8-16-14-23-12-11-17(16)18)26-13-5-10-19(26)21-24-20(25-28-21)15-6-2-1-3-7-15/h1-4,6-9,11-12,14,19H,5,10,13H2. The fourth-order valence-corrected chi connectivity index (χ4v) is 3.81. The number of amides is 1. The maximum Gasteiger partial charge on any atom is 0.255 e. The summed E-state index contributed by atoms with van der Waals surface area (Å²) in [6.45, 7) is 0.675. The molecule has 1 atom stereocenters. The number of carbonyl (C=O) groups is 1. The summed E-state index contributed by atoms with van der Waals surface area (Å²) < 4.78 is 5.54. The number of benzene rings is 2. The summed E-state index contributed by atoms with van der Waals surface area (Å²) in [6.07, 6.45) is 5.21. The lowest BCUT2D eigenvalue weighted by atomic mass is 10.1. The van der Waals surface area contributed by atoms with Crippen LogP contribution in [-0.2, 0) is 0 Å². The first-order chi connectivity index (χ1) is 13.8. The van der Waals surface area contributed by atoms with E-state index in [0.29, 0.717) is 23.8 Å². The second kappa shape index (κ2) is 6.88. The van der Waals surface area contributed by atoms with Gasteiger partial charge in [-0.1, -0.05) is 47.6 Å². The highest BCUT2D eigenvalue weighted by atomic mass is 16.5. The first-order valence-electron chi connectivity index (χ1n) is 9.34. The molecule has 3 heterocycles. The molecule has 6 nitrogen and oxygen atoms in total. The number of pyridine rings is 1. The summed E-state index contributed by atoms with van der Waals surface area (Å²) in [6, 6.07) is 17.1. The monoisotopic (exact) mass is 370 g/mol. The van der Waals surface area contributed by atoms with Gasteiger partial charge in [0.1, 0.15) is 6.04 Å². The topological polar surface area (TPSA) is 72.1 Å². The Hall–Kier alpha value is -3.54. The Labute approximate surface area is 161 Å². The zero-order valence-corrected chi connectivity index (χ0v) is 15.2. The Morgan fingerprint density at radius 1 is 1.07 bits per heavy atom. The number of fused-ring (bicyclic) bond motifs is 1. The van der Waals surface area contributed by atoms with Gasteiger partial charge in [0, 0.05) is 35.5 Å². The molecule has 138 valence electrons. The van der Waals surface area contributed by atoms with Crippen LogP contribution in [0.25, 0.3) is 22.2 Å². The fourth-order valence-electron chi connectivity index (χ4n) is 3.81. The van der Waals surface area contributed by atoms with Crippen molar-refractivity contribution in [3.8, 4) is 11.4 Å². The van der Waals surface area contributed by atoms with Crippen molar-refractivity contribution >= 4 is 16.7 Å². The lowest BCUT2D eigenvalue weighted by Crippen LogP contribution is -2.30. The van der Waals surface area contributed by atoms with E-state index in [1.165, 1.54) is 0 Å².